The second-order valence-electron chi connectivity index (χ2n) is 6.49. The zero-order valence-corrected chi connectivity index (χ0v) is 15.0. The van der Waals surface area contributed by atoms with E-state index in [0.717, 1.165) is 29.7 Å². The van der Waals surface area contributed by atoms with Gasteiger partial charge in [0.15, 0.2) is 0 Å². The Morgan fingerprint density at radius 1 is 1.13 bits per heavy atom. The molecule has 1 aromatic heterocycles. The predicted octanol–water partition coefficient (Wildman–Crippen LogP) is 1.75. The van der Waals surface area contributed by atoms with Gasteiger partial charge in [-0.05, 0) is 37.9 Å². The Labute approximate surface area is 143 Å². The molecule has 0 spiro atoms. The van der Waals surface area contributed by atoms with Gasteiger partial charge in [0.1, 0.15) is 4.90 Å². The molecule has 0 aliphatic carbocycles. The number of aryl methyl sites for hydroxylation is 1. The van der Waals surface area contributed by atoms with Gasteiger partial charge in [0, 0.05) is 36.7 Å². The van der Waals surface area contributed by atoms with Crippen molar-refractivity contribution in [2.45, 2.75) is 11.8 Å². The van der Waals surface area contributed by atoms with Gasteiger partial charge in [-0.25, -0.2) is 8.42 Å². The Morgan fingerprint density at radius 3 is 2.39 bits per heavy atom. The molecule has 126 valence electrons. The van der Waals surface area contributed by atoms with Crippen LogP contribution in [-0.2, 0) is 17.1 Å². The van der Waals surface area contributed by atoms with Crippen LogP contribution in [0.3, 0.4) is 0 Å². The van der Waals surface area contributed by atoms with Crippen LogP contribution in [0.1, 0.15) is 5.69 Å². The molecule has 2 aliphatic rings. The molecule has 2 atom stereocenters. The quantitative estimate of drug-likeness (QED) is 0.893. The molecule has 0 radical (unpaired) electrons. The van der Waals surface area contributed by atoms with Gasteiger partial charge in [-0.1, -0.05) is 18.2 Å². The SMILES string of the molecule is Cc1c(S(=O)(=O)N2C[C@H]3CNC[C@H]3C2)c2ccccc2n1C.Cl. The number of nitrogens with one attached hydrogen (secondary N) is 1. The highest BCUT2D eigenvalue weighted by molar-refractivity contribution is 7.89. The third-order valence-electron chi connectivity index (χ3n) is 5.30. The molecule has 5 nitrogen and oxygen atoms in total. The highest BCUT2D eigenvalue weighted by Crippen LogP contribution is 2.35. The first-order chi connectivity index (χ1) is 10.5. The van der Waals surface area contributed by atoms with E-state index in [1.54, 1.807) is 4.31 Å². The van der Waals surface area contributed by atoms with E-state index in [4.69, 9.17) is 0 Å². The van der Waals surface area contributed by atoms with E-state index in [-0.39, 0.29) is 12.4 Å². The van der Waals surface area contributed by atoms with E-state index in [0.29, 0.717) is 29.8 Å². The molecule has 2 aromatic rings. The minimum Gasteiger partial charge on any atom is -0.347 e. The van der Waals surface area contributed by atoms with Crippen LogP contribution in [0.15, 0.2) is 29.2 Å². The maximum Gasteiger partial charge on any atom is 0.245 e. The number of sulfonamides is 1. The first kappa shape index (κ1) is 16.8. The van der Waals surface area contributed by atoms with Gasteiger partial charge in [0.2, 0.25) is 10.0 Å². The summed E-state index contributed by atoms with van der Waals surface area (Å²) in [5.41, 5.74) is 1.79. The Hall–Kier alpha value is -1.08. The lowest BCUT2D eigenvalue weighted by molar-refractivity contribution is 0.448. The van der Waals surface area contributed by atoms with Crippen LogP contribution >= 0.6 is 12.4 Å². The van der Waals surface area contributed by atoms with Gasteiger partial charge in [-0.3, -0.25) is 0 Å². The summed E-state index contributed by atoms with van der Waals surface area (Å²) in [7, 11) is -1.50. The number of fused-ring (bicyclic) bond motifs is 2. The summed E-state index contributed by atoms with van der Waals surface area (Å²) in [6.07, 6.45) is 0. The van der Waals surface area contributed by atoms with Crippen LogP contribution in [0.2, 0.25) is 0 Å². The summed E-state index contributed by atoms with van der Waals surface area (Å²) in [6.45, 7) is 5.05. The van der Waals surface area contributed by atoms with E-state index in [9.17, 15) is 8.42 Å². The number of nitrogens with zero attached hydrogens (tertiary/aromatic N) is 2. The topological polar surface area (TPSA) is 54.3 Å². The lowest BCUT2D eigenvalue weighted by Gasteiger charge is -2.18. The fourth-order valence-electron chi connectivity index (χ4n) is 3.95. The minimum atomic E-state index is -3.43. The van der Waals surface area contributed by atoms with Crippen molar-refractivity contribution in [3.8, 4) is 0 Å². The number of para-hydroxylation sites is 1. The molecule has 0 amide bonds. The number of hydrogen-bond donors (Lipinski definition) is 1. The first-order valence-electron chi connectivity index (χ1n) is 7.75. The molecule has 0 saturated carbocycles. The number of rotatable bonds is 2. The third kappa shape index (κ3) is 2.39. The summed E-state index contributed by atoms with van der Waals surface area (Å²) in [4.78, 5) is 0.485. The lowest BCUT2D eigenvalue weighted by Crippen LogP contribution is -2.32. The molecule has 23 heavy (non-hydrogen) atoms. The van der Waals surface area contributed by atoms with Crippen LogP contribution in [0.5, 0.6) is 0 Å². The van der Waals surface area contributed by atoms with Gasteiger partial charge in [0.25, 0.3) is 0 Å². The lowest BCUT2D eigenvalue weighted by atomic mass is 10.0. The number of benzene rings is 1. The van der Waals surface area contributed by atoms with Gasteiger partial charge in [-0.2, -0.15) is 4.31 Å². The highest BCUT2D eigenvalue weighted by atomic mass is 35.5. The van der Waals surface area contributed by atoms with Gasteiger partial charge in [0.05, 0.1) is 0 Å². The van der Waals surface area contributed by atoms with Gasteiger partial charge in [-0.15, -0.1) is 12.4 Å². The molecule has 0 bridgehead atoms. The fourth-order valence-corrected chi connectivity index (χ4v) is 5.94. The van der Waals surface area contributed by atoms with Crippen LogP contribution in [0, 0.1) is 18.8 Å². The molecule has 2 fully saturated rings. The molecule has 2 saturated heterocycles. The largest absolute Gasteiger partial charge is 0.347 e. The Kier molecular flexibility index (Phi) is 4.21. The zero-order valence-electron chi connectivity index (χ0n) is 13.3. The van der Waals surface area contributed by atoms with Crippen LogP contribution < -0.4 is 5.32 Å². The van der Waals surface area contributed by atoms with Crippen LogP contribution in [0.25, 0.3) is 10.9 Å². The van der Waals surface area contributed by atoms with E-state index in [2.05, 4.69) is 5.32 Å². The standard InChI is InChI=1S/C16H21N3O2S.ClH/c1-11-16(14-5-3-4-6-15(14)18(11)2)22(20,21)19-9-12-7-17-8-13(12)10-19;/h3-6,12-13,17H,7-10H2,1-2H3;1H/t12-,13+;. The Balaban J connectivity index is 0.00000156. The average molecular weight is 356 g/mol. The molecular formula is C16H22ClN3O2S. The van der Waals surface area contributed by atoms with Crippen LogP contribution in [0.4, 0.5) is 0 Å². The van der Waals surface area contributed by atoms with Gasteiger partial charge >= 0.3 is 0 Å². The summed E-state index contributed by atoms with van der Waals surface area (Å²) in [5, 5.41) is 4.19. The summed E-state index contributed by atoms with van der Waals surface area (Å²) < 4.78 is 30.1. The molecule has 4 rings (SSSR count). The smallest absolute Gasteiger partial charge is 0.245 e. The third-order valence-corrected chi connectivity index (χ3v) is 7.30. The number of halogens is 1. The normalized spacial score (nSPS) is 24.8. The second-order valence-corrected chi connectivity index (χ2v) is 8.37. The average Bonchev–Trinajstić information content (AvgIpc) is 3.13. The molecule has 1 aromatic carbocycles. The summed E-state index contributed by atoms with van der Waals surface area (Å²) in [6, 6.07) is 7.74. The molecule has 3 heterocycles. The first-order valence-corrected chi connectivity index (χ1v) is 9.19. The van der Waals surface area contributed by atoms with E-state index >= 15 is 0 Å². The molecule has 7 heteroatoms. The Morgan fingerprint density at radius 2 is 1.74 bits per heavy atom. The maximum absolute atomic E-state index is 13.2. The van der Waals surface area contributed by atoms with Crippen molar-refractivity contribution in [1.82, 2.24) is 14.2 Å². The number of hydrogen-bond acceptors (Lipinski definition) is 3. The molecule has 2 aliphatic heterocycles. The molecule has 0 unspecified atom stereocenters. The summed E-state index contributed by atoms with van der Waals surface area (Å²) in [5.74, 6) is 0.926. The van der Waals surface area contributed by atoms with Gasteiger partial charge < -0.3 is 9.88 Å². The predicted molar refractivity (Wildman–Crippen MR) is 93.5 cm³/mol. The van der Waals surface area contributed by atoms with Crippen molar-refractivity contribution in [3.63, 3.8) is 0 Å². The Bertz CT molecular complexity index is 834. The fraction of sp³-hybridized carbons (Fsp3) is 0.500. The van der Waals surface area contributed by atoms with Crippen molar-refractivity contribution in [2.24, 2.45) is 18.9 Å². The number of aromatic nitrogens is 1. The maximum atomic E-state index is 13.2. The highest BCUT2D eigenvalue weighted by Gasteiger charge is 2.42. The van der Waals surface area contributed by atoms with Crippen LogP contribution in [-0.4, -0.2) is 43.5 Å². The second kappa shape index (κ2) is 5.77. The molecule has 1 N–H and O–H groups in total. The monoisotopic (exact) mass is 355 g/mol. The van der Waals surface area contributed by atoms with Crippen molar-refractivity contribution in [1.29, 1.82) is 0 Å². The summed E-state index contributed by atoms with van der Waals surface area (Å²) >= 11 is 0. The van der Waals surface area contributed by atoms with Crippen molar-refractivity contribution < 1.29 is 8.42 Å². The van der Waals surface area contributed by atoms with Crippen molar-refractivity contribution in [2.75, 3.05) is 26.2 Å². The van der Waals surface area contributed by atoms with E-state index in [1.807, 2.05) is 42.8 Å². The molecular weight excluding hydrogens is 334 g/mol. The van der Waals surface area contributed by atoms with E-state index in [1.165, 1.54) is 0 Å². The zero-order chi connectivity index (χ0) is 15.5. The van der Waals surface area contributed by atoms with E-state index < -0.39 is 10.0 Å². The van der Waals surface area contributed by atoms with Crippen molar-refractivity contribution >= 4 is 33.3 Å². The minimum absolute atomic E-state index is 0. The van der Waals surface area contributed by atoms with Crippen molar-refractivity contribution in [3.05, 3.63) is 30.0 Å².